The highest BCUT2D eigenvalue weighted by molar-refractivity contribution is 5.84. The first-order valence-electron chi connectivity index (χ1n) is 4.83. The van der Waals surface area contributed by atoms with Crippen molar-refractivity contribution in [2.75, 3.05) is 6.54 Å². The molecule has 0 fully saturated rings. The molecule has 0 amide bonds. The fraction of sp³-hybridized carbons (Fsp3) is 0.556. The Morgan fingerprint density at radius 1 is 1.80 bits per heavy atom. The Morgan fingerprint density at radius 2 is 2.53 bits per heavy atom. The largest absolute Gasteiger partial charge is 0.409 e. The molecule has 0 saturated carbocycles. The number of nitrogens with one attached hydrogen (secondary N) is 1. The highest BCUT2D eigenvalue weighted by Crippen LogP contribution is 1.93. The van der Waals surface area contributed by atoms with Crippen molar-refractivity contribution in [1.82, 2.24) is 15.1 Å². The van der Waals surface area contributed by atoms with E-state index >= 15 is 0 Å². The minimum absolute atomic E-state index is 0.133. The van der Waals surface area contributed by atoms with Crippen LogP contribution in [-0.2, 0) is 6.54 Å². The van der Waals surface area contributed by atoms with Gasteiger partial charge in [-0.3, -0.25) is 4.68 Å². The monoisotopic (exact) mass is 211 g/mol. The second-order valence-corrected chi connectivity index (χ2v) is 3.48. The van der Waals surface area contributed by atoms with Crippen LogP contribution in [-0.4, -0.2) is 33.4 Å². The Labute approximate surface area is 88.8 Å². The number of hydrogen-bond donors (Lipinski definition) is 3. The molecule has 1 unspecified atom stereocenters. The molecule has 1 aromatic rings. The summed E-state index contributed by atoms with van der Waals surface area (Å²) in [6.45, 7) is 5.31. The van der Waals surface area contributed by atoms with Gasteiger partial charge in [0.1, 0.15) is 0 Å². The number of oxime groups is 1. The van der Waals surface area contributed by atoms with Gasteiger partial charge in [-0.25, -0.2) is 0 Å². The lowest BCUT2D eigenvalue weighted by Gasteiger charge is -2.11. The molecule has 0 spiro atoms. The van der Waals surface area contributed by atoms with Gasteiger partial charge in [-0.15, -0.1) is 0 Å². The highest BCUT2D eigenvalue weighted by atomic mass is 16.4. The van der Waals surface area contributed by atoms with E-state index in [1.54, 1.807) is 0 Å². The molecule has 0 radical (unpaired) electrons. The molecule has 15 heavy (non-hydrogen) atoms. The van der Waals surface area contributed by atoms with Crippen molar-refractivity contribution in [3.63, 3.8) is 0 Å². The first kappa shape index (κ1) is 11.5. The summed E-state index contributed by atoms with van der Waals surface area (Å²) in [6, 6.07) is -0.133. The molecule has 6 heteroatoms. The van der Waals surface area contributed by atoms with E-state index in [-0.39, 0.29) is 11.9 Å². The minimum Gasteiger partial charge on any atom is -0.409 e. The van der Waals surface area contributed by atoms with Crippen molar-refractivity contribution in [3.05, 3.63) is 18.0 Å². The zero-order chi connectivity index (χ0) is 11.3. The second kappa shape index (κ2) is 5.35. The van der Waals surface area contributed by atoms with Gasteiger partial charge in [0.2, 0.25) is 0 Å². The number of rotatable bonds is 5. The third kappa shape index (κ3) is 3.59. The van der Waals surface area contributed by atoms with Gasteiger partial charge in [-0.1, -0.05) is 5.16 Å². The molecular formula is C9H17N5O. The number of hydrogen-bond acceptors (Lipinski definition) is 4. The maximum Gasteiger partial charge on any atom is 0.156 e. The third-order valence-electron chi connectivity index (χ3n) is 2.11. The van der Waals surface area contributed by atoms with Gasteiger partial charge in [0.15, 0.2) is 5.84 Å². The molecule has 0 aliphatic carbocycles. The fourth-order valence-electron chi connectivity index (χ4n) is 1.18. The van der Waals surface area contributed by atoms with Crippen molar-refractivity contribution < 1.29 is 5.21 Å². The number of aromatic nitrogens is 2. The fourth-order valence-corrected chi connectivity index (χ4v) is 1.18. The summed E-state index contributed by atoms with van der Waals surface area (Å²) >= 11 is 0. The number of aryl methyl sites for hydroxylation is 1. The predicted molar refractivity (Wildman–Crippen MR) is 57.8 cm³/mol. The normalized spacial score (nSPS) is 14.1. The summed E-state index contributed by atoms with van der Waals surface area (Å²) in [5.41, 5.74) is 6.55. The van der Waals surface area contributed by atoms with E-state index in [1.165, 1.54) is 0 Å². The lowest BCUT2D eigenvalue weighted by Crippen LogP contribution is -2.40. The maximum atomic E-state index is 8.43. The van der Waals surface area contributed by atoms with Crippen LogP contribution in [0, 0.1) is 6.92 Å². The number of amidine groups is 1. The Bertz CT molecular complexity index is 333. The Balaban J connectivity index is 2.27. The summed E-state index contributed by atoms with van der Waals surface area (Å²) in [4.78, 5) is 0. The van der Waals surface area contributed by atoms with Crippen molar-refractivity contribution in [2.24, 2.45) is 10.9 Å². The SMILES string of the molecule is Cc1cnn(CCNC(C)/C(N)=N/O)c1. The average molecular weight is 211 g/mol. The molecule has 1 aromatic heterocycles. The maximum absolute atomic E-state index is 8.43. The molecule has 0 bridgehead atoms. The van der Waals surface area contributed by atoms with Crippen LogP contribution in [0.2, 0.25) is 0 Å². The molecule has 1 heterocycles. The van der Waals surface area contributed by atoms with Gasteiger partial charge >= 0.3 is 0 Å². The Hall–Kier alpha value is -1.56. The van der Waals surface area contributed by atoms with E-state index < -0.39 is 0 Å². The first-order valence-corrected chi connectivity index (χ1v) is 4.83. The van der Waals surface area contributed by atoms with Crippen LogP contribution < -0.4 is 11.1 Å². The zero-order valence-corrected chi connectivity index (χ0v) is 9.01. The molecule has 0 aromatic carbocycles. The van der Waals surface area contributed by atoms with Crippen molar-refractivity contribution in [2.45, 2.75) is 26.4 Å². The van der Waals surface area contributed by atoms with Gasteiger partial charge in [0.25, 0.3) is 0 Å². The van der Waals surface area contributed by atoms with Crippen LogP contribution >= 0.6 is 0 Å². The van der Waals surface area contributed by atoms with Gasteiger partial charge in [-0.05, 0) is 19.4 Å². The number of nitrogens with two attached hydrogens (primary N) is 1. The van der Waals surface area contributed by atoms with E-state index in [0.29, 0.717) is 0 Å². The molecule has 0 aliphatic heterocycles. The van der Waals surface area contributed by atoms with Crippen molar-refractivity contribution >= 4 is 5.84 Å². The minimum atomic E-state index is -0.133. The first-order chi connectivity index (χ1) is 7.13. The van der Waals surface area contributed by atoms with Gasteiger partial charge in [0.05, 0.1) is 18.8 Å². The second-order valence-electron chi connectivity index (χ2n) is 3.48. The van der Waals surface area contributed by atoms with Crippen LogP contribution in [0.4, 0.5) is 0 Å². The standard InChI is InChI=1S/C9H17N5O/c1-7-5-12-14(6-7)4-3-11-8(2)9(10)13-15/h5-6,8,11,15H,3-4H2,1-2H3,(H2,10,13). The topological polar surface area (TPSA) is 88.5 Å². The quantitative estimate of drug-likeness (QED) is 0.275. The van der Waals surface area contributed by atoms with Gasteiger partial charge in [-0.2, -0.15) is 5.10 Å². The highest BCUT2D eigenvalue weighted by Gasteiger charge is 2.05. The molecule has 1 rings (SSSR count). The van der Waals surface area contributed by atoms with E-state index in [0.717, 1.165) is 18.7 Å². The molecule has 0 saturated heterocycles. The van der Waals surface area contributed by atoms with E-state index in [9.17, 15) is 0 Å². The zero-order valence-electron chi connectivity index (χ0n) is 9.01. The Kier molecular flexibility index (Phi) is 4.11. The molecule has 1 atom stereocenters. The predicted octanol–water partition coefficient (Wildman–Crippen LogP) is -0.0840. The molecule has 4 N–H and O–H groups in total. The third-order valence-corrected chi connectivity index (χ3v) is 2.11. The van der Waals surface area contributed by atoms with Crippen molar-refractivity contribution in [1.29, 1.82) is 0 Å². The summed E-state index contributed by atoms with van der Waals surface area (Å²) in [7, 11) is 0. The average Bonchev–Trinajstić information content (AvgIpc) is 2.63. The van der Waals surface area contributed by atoms with Crippen LogP contribution in [0.15, 0.2) is 17.5 Å². The smallest absolute Gasteiger partial charge is 0.156 e. The van der Waals surface area contributed by atoms with Crippen LogP contribution in [0.1, 0.15) is 12.5 Å². The van der Waals surface area contributed by atoms with Crippen molar-refractivity contribution in [3.8, 4) is 0 Å². The lowest BCUT2D eigenvalue weighted by molar-refractivity contribution is 0.315. The van der Waals surface area contributed by atoms with Crippen LogP contribution in [0.3, 0.4) is 0 Å². The molecule has 6 nitrogen and oxygen atoms in total. The molecule has 84 valence electrons. The van der Waals surface area contributed by atoms with Crippen LogP contribution in [0.25, 0.3) is 0 Å². The number of nitrogens with zero attached hydrogens (tertiary/aromatic N) is 3. The lowest BCUT2D eigenvalue weighted by atomic mass is 10.3. The molecule has 0 aliphatic rings. The Morgan fingerprint density at radius 3 is 3.07 bits per heavy atom. The van der Waals surface area contributed by atoms with E-state index in [2.05, 4.69) is 15.6 Å². The summed E-state index contributed by atoms with van der Waals surface area (Å²) in [5, 5.41) is 18.6. The van der Waals surface area contributed by atoms with Crippen LogP contribution in [0.5, 0.6) is 0 Å². The molecular weight excluding hydrogens is 194 g/mol. The van der Waals surface area contributed by atoms with Gasteiger partial charge < -0.3 is 16.3 Å². The summed E-state index contributed by atoms with van der Waals surface area (Å²) in [6.07, 6.45) is 3.78. The van der Waals surface area contributed by atoms with E-state index in [1.807, 2.05) is 30.9 Å². The van der Waals surface area contributed by atoms with E-state index in [4.69, 9.17) is 10.9 Å². The summed E-state index contributed by atoms with van der Waals surface area (Å²) < 4.78 is 1.85. The summed E-state index contributed by atoms with van der Waals surface area (Å²) in [5.74, 6) is 0.187. The van der Waals surface area contributed by atoms with Gasteiger partial charge in [0, 0.05) is 12.7 Å².